The van der Waals surface area contributed by atoms with Crippen LogP contribution in [0.3, 0.4) is 0 Å². The molecule has 0 N–H and O–H groups in total. The van der Waals surface area contributed by atoms with Gasteiger partial charge in [-0.05, 0) is 42.8 Å². The molecule has 3 rings (SSSR count). The largest absolute Gasteiger partial charge is 0.494 e. The summed E-state index contributed by atoms with van der Waals surface area (Å²) in [6.45, 7) is 1.71. The zero-order valence-electron chi connectivity index (χ0n) is 11.1. The van der Waals surface area contributed by atoms with Crippen LogP contribution in [-0.4, -0.2) is 11.2 Å². The highest BCUT2D eigenvalue weighted by Gasteiger charge is 2.01. The van der Waals surface area contributed by atoms with Crippen LogP contribution < -0.4 is 4.74 Å². The number of aryl methyl sites for hydroxylation is 1. The molecule has 20 heavy (non-hydrogen) atoms. The molecule has 0 spiro atoms. The third-order valence-electron chi connectivity index (χ3n) is 3.29. The van der Waals surface area contributed by atoms with Crippen molar-refractivity contribution in [2.75, 3.05) is 6.61 Å². The smallest absolute Gasteiger partial charge is 0.119 e. The number of nitrogens with zero attached hydrogens (tertiary/aromatic N) is 1. The van der Waals surface area contributed by atoms with Gasteiger partial charge in [-0.3, -0.25) is 0 Å². The summed E-state index contributed by atoms with van der Waals surface area (Å²) >= 11 is 3.50. The Hall–Kier alpha value is -1.74. The Kier molecular flexibility index (Phi) is 4.07. The van der Waals surface area contributed by atoms with Crippen molar-refractivity contribution in [1.29, 1.82) is 0 Å². The lowest BCUT2D eigenvalue weighted by Crippen LogP contribution is -2.03. The molecule has 0 amide bonds. The zero-order chi connectivity index (χ0) is 13.8. The highest BCUT2D eigenvalue weighted by Crippen LogP contribution is 2.21. The van der Waals surface area contributed by atoms with E-state index < -0.39 is 0 Å². The first-order chi connectivity index (χ1) is 9.83. The van der Waals surface area contributed by atoms with Crippen molar-refractivity contribution < 1.29 is 4.74 Å². The lowest BCUT2D eigenvalue weighted by Gasteiger charge is -2.08. The normalized spacial score (nSPS) is 10.8. The van der Waals surface area contributed by atoms with Gasteiger partial charge < -0.3 is 9.30 Å². The molecular formula is C17H16BrNO. The van der Waals surface area contributed by atoms with Crippen molar-refractivity contribution in [2.45, 2.75) is 13.0 Å². The minimum Gasteiger partial charge on any atom is -0.494 e. The molecule has 102 valence electrons. The van der Waals surface area contributed by atoms with E-state index >= 15 is 0 Å². The number of hydrogen-bond acceptors (Lipinski definition) is 1. The second kappa shape index (κ2) is 6.14. The van der Waals surface area contributed by atoms with Crippen molar-refractivity contribution in [1.82, 2.24) is 4.57 Å². The van der Waals surface area contributed by atoms with Gasteiger partial charge >= 0.3 is 0 Å². The highest BCUT2D eigenvalue weighted by molar-refractivity contribution is 9.10. The summed E-state index contributed by atoms with van der Waals surface area (Å²) in [5.74, 6) is 0.939. The van der Waals surface area contributed by atoms with Crippen molar-refractivity contribution >= 4 is 26.8 Å². The minimum atomic E-state index is 0.736. The Balaban J connectivity index is 1.58. The van der Waals surface area contributed by atoms with Crippen LogP contribution in [0.15, 0.2) is 65.3 Å². The average molecular weight is 330 g/mol. The molecule has 0 fully saturated rings. The molecule has 0 atom stereocenters. The molecule has 0 saturated heterocycles. The summed E-state index contributed by atoms with van der Waals surface area (Å²) in [6.07, 6.45) is 3.13. The number of aromatic nitrogens is 1. The Bertz CT molecular complexity index is 691. The van der Waals surface area contributed by atoms with Crippen LogP contribution in [-0.2, 0) is 6.54 Å². The number of para-hydroxylation sites is 1. The summed E-state index contributed by atoms with van der Waals surface area (Å²) in [6, 6.07) is 18.5. The number of ether oxygens (including phenoxy) is 1. The third-order valence-corrected chi connectivity index (χ3v) is 3.78. The molecule has 2 aromatic carbocycles. The van der Waals surface area contributed by atoms with Crippen LogP contribution in [0.5, 0.6) is 5.75 Å². The van der Waals surface area contributed by atoms with Gasteiger partial charge in [0.25, 0.3) is 0 Å². The van der Waals surface area contributed by atoms with Gasteiger partial charge in [0.1, 0.15) is 5.75 Å². The SMILES string of the molecule is Brc1ccc2c(ccn2CCCOc2ccccc2)c1. The van der Waals surface area contributed by atoms with Crippen molar-refractivity contribution in [3.05, 3.63) is 65.3 Å². The van der Waals surface area contributed by atoms with Crippen LogP contribution in [0.4, 0.5) is 0 Å². The van der Waals surface area contributed by atoms with Crippen LogP contribution in [0, 0.1) is 0 Å². The van der Waals surface area contributed by atoms with E-state index in [0.717, 1.165) is 29.8 Å². The molecule has 1 aromatic heterocycles. The summed E-state index contributed by atoms with van der Waals surface area (Å²) in [5, 5.41) is 1.27. The van der Waals surface area contributed by atoms with Crippen LogP contribution in [0.25, 0.3) is 10.9 Å². The fourth-order valence-corrected chi connectivity index (χ4v) is 2.69. The first-order valence-electron chi connectivity index (χ1n) is 6.75. The second-order valence-electron chi connectivity index (χ2n) is 4.73. The number of benzene rings is 2. The Morgan fingerprint density at radius 2 is 1.85 bits per heavy atom. The van der Waals surface area contributed by atoms with Gasteiger partial charge in [0.15, 0.2) is 0 Å². The maximum absolute atomic E-state index is 5.71. The molecule has 0 aliphatic heterocycles. The number of hydrogen-bond donors (Lipinski definition) is 0. The molecule has 1 heterocycles. The molecule has 0 aliphatic rings. The molecule has 0 radical (unpaired) electrons. The first-order valence-corrected chi connectivity index (χ1v) is 7.54. The highest BCUT2D eigenvalue weighted by atomic mass is 79.9. The molecule has 3 heteroatoms. The first kappa shape index (κ1) is 13.3. The molecule has 0 bridgehead atoms. The molecule has 3 aromatic rings. The van der Waals surface area contributed by atoms with Gasteiger partial charge in [-0.25, -0.2) is 0 Å². The second-order valence-corrected chi connectivity index (χ2v) is 5.64. The molecule has 0 aliphatic carbocycles. The van der Waals surface area contributed by atoms with Gasteiger partial charge in [-0.1, -0.05) is 34.1 Å². The average Bonchev–Trinajstić information content (AvgIpc) is 2.87. The van der Waals surface area contributed by atoms with E-state index in [-0.39, 0.29) is 0 Å². The van der Waals surface area contributed by atoms with Crippen LogP contribution in [0.2, 0.25) is 0 Å². The third kappa shape index (κ3) is 3.05. The van der Waals surface area contributed by atoms with Gasteiger partial charge in [-0.15, -0.1) is 0 Å². The van der Waals surface area contributed by atoms with E-state index in [4.69, 9.17) is 4.74 Å². The fraction of sp³-hybridized carbons (Fsp3) is 0.176. The lowest BCUT2D eigenvalue weighted by molar-refractivity contribution is 0.302. The summed E-state index contributed by atoms with van der Waals surface area (Å²) < 4.78 is 9.11. The molecular weight excluding hydrogens is 314 g/mol. The number of fused-ring (bicyclic) bond motifs is 1. The van der Waals surface area contributed by atoms with Crippen molar-refractivity contribution in [2.24, 2.45) is 0 Å². The predicted molar refractivity (Wildman–Crippen MR) is 86.2 cm³/mol. The molecule has 0 saturated carbocycles. The van der Waals surface area contributed by atoms with Crippen LogP contribution >= 0.6 is 15.9 Å². The van der Waals surface area contributed by atoms with E-state index in [1.165, 1.54) is 10.9 Å². The van der Waals surface area contributed by atoms with E-state index in [1.54, 1.807) is 0 Å². The maximum Gasteiger partial charge on any atom is 0.119 e. The molecule has 0 unspecified atom stereocenters. The summed E-state index contributed by atoms with van der Waals surface area (Å²) in [7, 11) is 0. The monoisotopic (exact) mass is 329 g/mol. The van der Waals surface area contributed by atoms with Crippen molar-refractivity contribution in [3.8, 4) is 5.75 Å². The number of halogens is 1. The van der Waals surface area contributed by atoms with Gasteiger partial charge in [-0.2, -0.15) is 0 Å². The lowest BCUT2D eigenvalue weighted by atomic mass is 10.2. The fourth-order valence-electron chi connectivity index (χ4n) is 2.31. The Labute approximate surface area is 127 Å². The van der Waals surface area contributed by atoms with Gasteiger partial charge in [0.2, 0.25) is 0 Å². The Morgan fingerprint density at radius 1 is 1.00 bits per heavy atom. The van der Waals surface area contributed by atoms with Gasteiger partial charge in [0, 0.05) is 28.1 Å². The zero-order valence-corrected chi connectivity index (χ0v) is 12.7. The minimum absolute atomic E-state index is 0.736. The van der Waals surface area contributed by atoms with E-state index in [9.17, 15) is 0 Å². The van der Waals surface area contributed by atoms with E-state index in [1.807, 2.05) is 30.3 Å². The number of rotatable bonds is 5. The summed E-state index contributed by atoms with van der Waals surface area (Å²) in [5.41, 5.74) is 1.27. The topological polar surface area (TPSA) is 14.2 Å². The molecule has 2 nitrogen and oxygen atoms in total. The predicted octanol–water partition coefficient (Wildman–Crippen LogP) is 4.87. The van der Waals surface area contributed by atoms with Gasteiger partial charge in [0.05, 0.1) is 6.61 Å². The van der Waals surface area contributed by atoms with E-state index in [0.29, 0.717) is 0 Å². The van der Waals surface area contributed by atoms with Crippen LogP contribution in [0.1, 0.15) is 6.42 Å². The standard InChI is InChI=1S/C17H16BrNO/c18-15-7-8-17-14(13-15)9-11-19(17)10-4-12-20-16-5-2-1-3-6-16/h1-3,5-9,11,13H,4,10,12H2. The summed E-state index contributed by atoms with van der Waals surface area (Å²) in [4.78, 5) is 0. The maximum atomic E-state index is 5.71. The quantitative estimate of drug-likeness (QED) is 0.609. The van der Waals surface area contributed by atoms with Crippen molar-refractivity contribution in [3.63, 3.8) is 0 Å². The Morgan fingerprint density at radius 3 is 2.70 bits per heavy atom. The van der Waals surface area contributed by atoms with E-state index in [2.05, 4.69) is 51.0 Å².